The maximum atomic E-state index is 6.97. The zero-order chi connectivity index (χ0) is 25.4. The summed E-state index contributed by atoms with van der Waals surface area (Å²) in [4.78, 5) is 10.0. The van der Waals surface area contributed by atoms with Crippen molar-refractivity contribution >= 4 is 47.2 Å². The van der Waals surface area contributed by atoms with Crippen molar-refractivity contribution in [3.8, 4) is 11.5 Å². The van der Waals surface area contributed by atoms with Crippen LogP contribution in [-0.2, 0) is 10.8 Å². The molecule has 2 atom stereocenters. The van der Waals surface area contributed by atoms with Crippen LogP contribution in [0.3, 0.4) is 0 Å². The molecule has 0 aromatic heterocycles. The SMILES string of the molecule is CC(C)(C)c1cccc2c1[O][Sn]([Cl])([Cl])[O]c1c(cccc1C(C)(C)C)C=N[C@@H]1CCCC[C@H]1N=C2. The summed E-state index contributed by atoms with van der Waals surface area (Å²) in [6, 6.07) is 12.5. The average Bonchev–Trinajstić information content (AvgIpc) is 2.76. The summed E-state index contributed by atoms with van der Waals surface area (Å²) in [7, 11) is 13.9. The van der Waals surface area contributed by atoms with E-state index >= 15 is 0 Å². The second kappa shape index (κ2) is 10.3. The van der Waals surface area contributed by atoms with Crippen molar-refractivity contribution in [3.63, 3.8) is 0 Å². The van der Waals surface area contributed by atoms with Gasteiger partial charge in [0.25, 0.3) is 0 Å². The van der Waals surface area contributed by atoms with Crippen molar-refractivity contribution in [2.45, 2.75) is 90.1 Å². The Balaban J connectivity index is 1.93. The van der Waals surface area contributed by atoms with Crippen molar-refractivity contribution < 1.29 is 6.15 Å². The Bertz CT molecular complexity index is 1050. The molecule has 1 aliphatic carbocycles. The van der Waals surface area contributed by atoms with Gasteiger partial charge in [-0.1, -0.05) is 0 Å². The zero-order valence-corrected chi connectivity index (χ0v) is 25.9. The molecule has 0 saturated heterocycles. The fourth-order valence-electron chi connectivity index (χ4n) is 4.77. The molecule has 2 aliphatic rings. The molecule has 4 rings (SSSR count). The van der Waals surface area contributed by atoms with Crippen LogP contribution >= 0.6 is 17.8 Å². The molecule has 35 heavy (non-hydrogen) atoms. The Kier molecular flexibility index (Phi) is 7.86. The first-order chi connectivity index (χ1) is 16.4. The number of fused-ring (bicyclic) bond motifs is 3. The summed E-state index contributed by atoms with van der Waals surface area (Å²) in [5.41, 5.74) is 3.47. The van der Waals surface area contributed by atoms with Crippen LogP contribution in [0.25, 0.3) is 0 Å². The fourth-order valence-corrected chi connectivity index (χ4v) is 9.62. The van der Waals surface area contributed by atoms with Crippen molar-refractivity contribution in [1.29, 1.82) is 0 Å². The Hall–Kier alpha value is -1.24. The summed E-state index contributed by atoms with van der Waals surface area (Å²) in [6.07, 6.45) is 8.21. The fraction of sp³-hybridized carbons (Fsp3) is 0.500. The zero-order valence-electron chi connectivity index (χ0n) is 21.6. The molecule has 0 bridgehead atoms. The summed E-state index contributed by atoms with van der Waals surface area (Å²) < 4.78 is 13.0. The molecule has 1 fully saturated rings. The standard InChI is InChI=1S/C28H38N2O2.2ClH.Sn/c1-27(2,3)21-13-9-11-19(25(21)31)17-29-23-15-7-8-16-24(23)30-18-20-12-10-14-22(26(20)32)28(4,5)6;;;/h9-14,17-18,23-24,31-32H,7-8,15-16H2,1-6H3;2*1H;/q;;;+4/p-4/t23-,24-;;;/m1.../s1. The van der Waals surface area contributed by atoms with Gasteiger partial charge in [-0.05, 0) is 0 Å². The number of halogens is 2. The molecular formula is C28H36Cl2N2O2Sn. The van der Waals surface area contributed by atoms with E-state index in [1.807, 2.05) is 36.7 Å². The number of benzene rings is 2. The maximum absolute atomic E-state index is 6.97. The Morgan fingerprint density at radius 1 is 0.714 bits per heavy atom. The average molecular weight is 622 g/mol. The normalized spacial score (nSPS) is 22.3. The van der Waals surface area contributed by atoms with E-state index in [0.29, 0.717) is 11.5 Å². The minimum absolute atomic E-state index is 0.127. The molecule has 2 aromatic carbocycles. The van der Waals surface area contributed by atoms with Gasteiger partial charge in [0.15, 0.2) is 0 Å². The number of rotatable bonds is 0. The quantitative estimate of drug-likeness (QED) is 0.282. The topological polar surface area (TPSA) is 43.2 Å². The molecule has 0 radical (unpaired) electrons. The van der Waals surface area contributed by atoms with Crippen LogP contribution in [0.2, 0.25) is 0 Å². The molecule has 0 amide bonds. The van der Waals surface area contributed by atoms with E-state index in [-0.39, 0.29) is 22.9 Å². The first-order valence-electron chi connectivity index (χ1n) is 12.4. The summed E-state index contributed by atoms with van der Waals surface area (Å²) in [5, 5.41) is 0. The van der Waals surface area contributed by atoms with Crippen molar-refractivity contribution in [1.82, 2.24) is 0 Å². The molecule has 1 aliphatic heterocycles. The van der Waals surface area contributed by atoms with E-state index in [9.17, 15) is 0 Å². The third kappa shape index (κ3) is 6.37. The van der Waals surface area contributed by atoms with Gasteiger partial charge in [-0.2, -0.15) is 0 Å². The van der Waals surface area contributed by atoms with Gasteiger partial charge in [-0.15, -0.1) is 0 Å². The van der Waals surface area contributed by atoms with E-state index in [4.69, 9.17) is 34.0 Å². The van der Waals surface area contributed by atoms with Gasteiger partial charge in [-0.3, -0.25) is 0 Å². The van der Waals surface area contributed by atoms with Gasteiger partial charge >= 0.3 is 224 Å². The van der Waals surface area contributed by atoms with Gasteiger partial charge in [0.05, 0.1) is 0 Å². The van der Waals surface area contributed by atoms with Gasteiger partial charge in [0, 0.05) is 0 Å². The van der Waals surface area contributed by atoms with Crippen molar-refractivity contribution in [3.05, 3.63) is 58.7 Å². The molecule has 0 spiro atoms. The van der Waals surface area contributed by atoms with E-state index in [1.54, 1.807) is 0 Å². The Morgan fingerprint density at radius 2 is 1.11 bits per heavy atom. The molecule has 1 heterocycles. The van der Waals surface area contributed by atoms with Gasteiger partial charge in [0.2, 0.25) is 0 Å². The predicted molar refractivity (Wildman–Crippen MR) is 150 cm³/mol. The molecular weight excluding hydrogens is 586 g/mol. The van der Waals surface area contributed by atoms with Gasteiger partial charge < -0.3 is 0 Å². The molecule has 2 aromatic rings. The summed E-state index contributed by atoms with van der Waals surface area (Å²) in [5.74, 6) is 1.35. The van der Waals surface area contributed by atoms with E-state index in [1.165, 1.54) is 0 Å². The monoisotopic (exact) mass is 622 g/mol. The molecule has 188 valence electrons. The molecule has 4 nitrogen and oxygen atoms in total. The molecule has 7 heteroatoms. The molecule has 0 N–H and O–H groups in total. The summed E-state index contributed by atoms with van der Waals surface area (Å²) >= 11 is -4.62. The first kappa shape index (κ1) is 26.8. The van der Waals surface area contributed by atoms with Crippen LogP contribution in [-0.4, -0.2) is 41.5 Å². The van der Waals surface area contributed by atoms with Gasteiger partial charge in [0.1, 0.15) is 0 Å². The predicted octanol–water partition coefficient (Wildman–Crippen LogP) is 7.82. The van der Waals surface area contributed by atoms with Gasteiger partial charge in [-0.25, -0.2) is 0 Å². The summed E-state index contributed by atoms with van der Waals surface area (Å²) in [6.45, 7) is 12.9. The van der Waals surface area contributed by atoms with E-state index < -0.39 is 17.0 Å². The van der Waals surface area contributed by atoms with E-state index in [2.05, 4.69) is 53.7 Å². The van der Waals surface area contributed by atoms with Crippen LogP contribution in [0.4, 0.5) is 0 Å². The number of nitrogens with zero attached hydrogens (tertiary/aromatic N) is 2. The number of para-hydroxylation sites is 2. The molecule has 0 unspecified atom stereocenters. The van der Waals surface area contributed by atoms with Crippen LogP contribution in [0.15, 0.2) is 46.4 Å². The van der Waals surface area contributed by atoms with E-state index in [0.717, 1.165) is 47.9 Å². The third-order valence-electron chi connectivity index (χ3n) is 6.65. The second-order valence-electron chi connectivity index (χ2n) is 11.6. The third-order valence-corrected chi connectivity index (χ3v) is 11.2. The minimum atomic E-state index is -4.62. The van der Waals surface area contributed by atoms with Crippen molar-refractivity contribution in [2.24, 2.45) is 9.98 Å². The van der Waals surface area contributed by atoms with Crippen LogP contribution < -0.4 is 6.15 Å². The first-order valence-corrected chi connectivity index (χ1v) is 22.0. The Morgan fingerprint density at radius 3 is 1.49 bits per heavy atom. The Labute approximate surface area is 222 Å². The molecule has 1 saturated carbocycles. The van der Waals surface area contributed by atoms with Crippen molar-refractivity contribution in [2.75, 3.05) is 0 Å². The van der Waals surface area contributed by atoms with Crippen LogP contribution in [0.1, 0.15) is 89.5 Å². The second-order valence-corrected chi connectivity index (χ2v) is 23.4. The van der Waals surface area contributed by atoms with Crippen LogP contribution in [0, 0.1) is 0 Å². The van der Waals surface area contributed by atoms with Crippen LogP contribution in [0.5, 0.6) is 11.5 Å². The number of hydrogen-bond donors (Lipinski definition) is 0. The number of hydrogen-bond acceptors (Lipinski definition) is 4. The number of aliphatic imine (C=N–C) groups is 2.